The van der Waals surface area contributed by atoms with Gasteiger partial charge in [-0.25, -0.2) is 9.67 Å². The molecular weight excluding hydrogens is 334 g/mol. The molecule has 1 aromatic heterocycles. The number of hydrogen-bond donors (Lipinski definition) is 2. The highest BCUT2D eigenvalue weighted by atomic mass is 16.5. The maximum Gasteiger partial charge on any atom is 0.242 e. The molecule has 1 aliphatic rings. The number of ether oxygens (including phenoxy) is 2. The van der Waals surface area contributed by atoms with Crippen LogP contribution < -0.4 is 20.5 Å². The average Bonchev–Trinajstić information content (AvgIpc) is 3.33. The van der Waals surface area contributed by atoms with Crippen molar-refractivity contribution in [3.05, 3.63) is 35.4 Å². The van der Waals surface area contributed by atoms with Crippen molar-refractivity contribution in [3.8, 4) is 11.5 Å². The van der Waals surface area contributed by atoms with E-state index in [0.29, 0.717) is 35.6 Å². The summed E-state index contributed by atoms with van der Waals surface area (Å²) in [4.78, 5) is 16.6. The number of nitrogens with two attached hydrogens (primary N) is 1. The van der Waals surface area contributed by atoms with Gasteiger partial charge in [-0.05, 0) is 37.5 Å². The van der Waals surface area contributed by atoms with E-state index in [2.05, 4.69) is 15.4 Å². The fourth-order valence-electron chi connectivity index (χ4n) is 2.74. The van der Waals surface area contributed by atoms with E-state index < -0.39 is 0 Å². The Morgan fingerprint density at radius 1 is 1.35 bits per heavy atom. The van der Waals surface area contributed by atoms with Crippen LogP contribution in [0.3, 0.4) is 0 Å². The van der Waals surface area contributed by atoms with Crippen LogP contribution in [0.25, 0.3) is 0 Å². The summed E-state index contributed by atoms with van der Waals surface area (Å²) in [6.07, 6.45) is 2.61. The van der Waals surface area contributed by atoms with E-state index >= 15 is 0 Å². The molecular formula is C18H25N5O3. The Hall–Kier alpha value is -2.61. The molecule has 0 saturated heterocycles. The van der Waals surface area contributed by atoms with Crippen molar-refractivity contribution in [2.75, 3.05) is 14.2 Å². The fourth-order valence-corrected chi connectivity index (χ4v) is 2.74. The fraction of sp³-hybridized carbons (Fsp3) is 0.500. The van der Waals surface area contributed by atoms with Gasteiger partial charge >= 0.3 is 0 Å². The lowest BCUT2D eigenvalue weighted by Crippen LogP contribution is -2.31. The molecule has 1 atom stereocenters. The van der Waals surface area contributed by atoms with Crippen molar-refractivity contribution >= 4 is 5.91 Å². The summed E-state index contributed by atoms with van der Waals surface area (Å²) >= 11 is 0. The molecule has 0 bridgehead atoms. The monoisotopic (exact) mass is 359 g/mol. The van der Waals surface area contributed by atoms with Gasteiger partial charge in [0.05, 0.1) is 20.3 Å². The zero-order valence-electron chi connectivity index (χ0n) is 15.4. The highest BCUT2D eigenvalue weighted by Crippen LogP contribution is 2.28. The first-order valence-electron chi connectivity index (χ1n) is 8.69. The zero-order chi connectivity index (χ0) is 18.7. The molecule has 1 heterocycles. The number of nitrogens with one attached hydrogen (secondary N) is 1. The van der Waals surface area contributed by atoms with Gasteiger partial charge in [-0.15, -0.1) is 0 Å². The SMILES string of the molecule is COc1ccc(Cc2nc([C@@H](C)N)n(CC(=O)NC3CC3)n2)cc1OC. The van der Waals surface area contributed by atoms with Crippen LogP contribution in [-0.2, 0) is 17.8 Å². The van der Waals surface area contributed by atoms with E-state index in [4.69, 9.17) is 15.2 Å². The molecule has 3 N–H and O–H groups in total. The second kappa shape index (κ2) is 7.74. The standard InChI is InChI=1S/C18H25N5O3/c1-11(19)18-21-16(22-23(18)10-17(24)20-13-5-6-13)9-12-4-7-14(25-2)15(8-12)26-3/h4,7-8,11,13H,5-6,9-10,19H2,1-3H3,(H,20,24)/t11-/m1/s1. The lowest BCUT2D eigenvalue weighted by atomic mass is 10.1. The normalized spacial score (nSPS) is 14.8. The maximum absolute atomic E-state index is 12.1. The lowest BCUT2D eigenvalue weighted by Gasteiger charge is -2.08. The van der Waals surface area contributed by atoms with E-state index in [-0.39, 0.29) is 18.5 Å². The van der Waals surface area contributed by atoms with Gasteiger partial charge in [-0.1, -0.05) is 6.07 Å². The summed E-state index contributed by atoms with van der Waals surface area (Å²) in [6.45, 7) is 1.96. The largest absolute Gasteiger partial charge is 0.493 e. The third kappa shape index (κ3) is 4.32. The number of methoxy groups -OCH3 is 2. The molecule has 26 heavy (non-hydrogen) atoms. The smallest absolute Gasteiger partial charge is 0.242 e. The van der Waals surface area contributed by atoms with Crippen LogP contribution in [0.5, 0.6) is 11.5 Å². The predicted molar refractivity (Wildman–Crippen MR) is 96.1 cm³/mol. The second-order valence-corrected chi connectivity index (χ2v) is 6.54. The number of amides is 1. The van der Waals surface area contributed by atoms with Crippen molar-refractivity contribution in [1.29, 1.82) is 0 Å². The summed E-state index contributed by atoms with van der Waals surface area (Å²) in [5, 5.41) is 7.44. The zero-order valence-corrected chi connectivity index (χ0v) is 15.4. The van der Waals surface area contributed by atoms with Crippen molar-refractivity contribution in [1.82, 2.24) is 20.1 Å². The molecule has 0 aliphatic heterocycles. The van der Waals surface area contributed by atoms with Crippen molar-refractivity contribution in [2.24, 2.45) is 5.73 Å². The van der Waals surface area contributed by atoms with Crippen LogP contribution in [0.15, 0.2) is 18.2 Å². The molecule has 8 nitrogen and oxygen atoms in total. The van der Waals surface area contributed by atoms with Crippen LogP contribution in [0.2, 0.25) is 0 Å². The summed E-state index contributed by atoms with van der Waals surface area (Å²) in [5.74, 6) is 2.48. The molecule has 2 aromatic rings. The molecule has 0 unspecified atom stereocenters. The molecule has 8 heteroatoms. The molecule has 1 aliphatic carbocycles. The van der Waals surface area contributed by atoms with Gasteiger partial charge in [0.15, 0.2) is 17.3 Å². The van der Waals surface area contributed by atoms with Crippen LogP contribution in [0.4, 0.5) is 0 Å². The second-order valence-electron chi connectivity index (χ2n) is 6.54. The highest BCUT2D eigenvalue weighted by molar-refractivity contribution is 5.76. The molecule has 140 valence electrons. The van der Waals surface area contributed by atoms with Crippen molar-refractivity contribution in [2.45, 2.75) is 44.8 Å². The highest BCUT2D eigenvalue weighted by Gasteiger charge is 2.24. The van der Waals surface area contributed by atoms with Gasteiger partial charge in [0.2, 0.25) is 5.91 Å². The number of hydrogen-bond acceptors (Lipinski definition) is 6. The quantitative estimate of drug-likeness (QED) is 0.733. The van der Waals surface area contributed by atoms with E-state index in [0.717, 1.165) is 18.4 Å². The third-order valence-electron chi connectivity index (χ3n) is 4.20. The van der Waals surface area contributed by atoms with Gasteiger partial charge in [0, 0.05) is 12.5 Å². The lowest BCUT2D eigenvalue weighted by molar-refractivity contribution is -0.122. The minimum absolute atomic E-state index is 0.0584. The Labute approximate surface area is 152 Å². The van der Waals surface area contributed by atoms with Gasteiger partial charge in [-0.3, -0.25) is 4.79 Å². The van der Waals surface area contributed by atoms with E-state index in [1.807, 2.05) is 25.1 Å². The number of carbonyl (C=O) groups excluding carboxylic acids is 1. The van der Waals surface area contributed by atoms with E-state index in [1.54, 1.807) is 18.9 Å². The number of carbonyl (C=O) groups is 1. The first-order chi connectivity index (χ1) is 12.5. The van der Waals surface area contributed by atoms with Crippen molar-refractivity contribution in [3.63, 3.8) is 0 Å². The van der Waals surface area contributed by atoms with E-state index in [1.165, 1.54) is 0 Å². The Balaban J connectivity index is 1.77. The predicted octanol–water partition coefficient (Wildman–Crippen LogP) is 1.18. The van der Waals surface area contributed by atoms with Gasteiger partial charge in [0.1, 0.15) is 12.4 Å². The Morgan fingerprint density at radius 3 is 2.69 bits per heavy atom. The molecule has 0 spiro atoms. The van der Waals surface area contributed by atoms with Gasteiger partial charge < -0.3 is 20.5 Å². The molecule has 1 fully saturated rings. The minimum Gasteiger partial charge on any atom is -0.493 e. The number of aromatic nitrogens is 3. The summed E-state index contributed by atoms with van der Waals surface area (Å²) in [7, 11) is 3.20. The number of nitrogens with zero attached hydrogens (tertiary/aromatic N) is 3. The molecule has 0 radical (unpaired) electrons. The van der Waals surface area contributed by atoms with E-state index in [9.17, 15) is 4.79 Å². The molecule has 1 amide bonds. The Morgan fingerprint density at radius 2 is 2.08 bits per heavy atom. The van der Waals surface area contributed by atoms with Gasteiger partial charge in [-0.2, -0.15) is 5.10 Å². The summed E-state index contributed by atoms with van der Waals surface area (Å²) in [5.41, 5.74) is 6.99. The van der Waals surface area contributed by atoms with Crippen molar-refractivity contribution < 1.29 is 14.3 Å². The first kappa shape index (κ1) is 18.2. The number of rotatable bonds is 8. The van der Waals surface area contributed by atoms with Crippen LogP contribution in [0, 0.1) is 0 Å². The topological polar surface area (TPSA) is 104 Å². The Kier molecular flexibility index (Phi) is 5.41. The van der Waals surface area contributed by atoms with Crippen LogP contribution >= 0.6 is 0 Å². The summed E-state index contributed by atoms with van der Waals surface area (Å²) in [6, 6.07) is 5.69. The first-order valence-corrected chi connectivity index (χ1v) is 8.69. The van der Waals surface area contributed by atoms with Crippen LogP contribution in [0.1, 0.15) is 43.0 Å². The van der Waals surface area contributed by atoms with Crippen LogP contribution in [-0.4, -0.2) is 40.9 Å². The molecule has 3 rings (SSSR count). The average molecular weight is 359 g/mol. The molecule has 1 aromatic carbocycles. The Bertz CT molecular complexity index is 783. The minimum atomic E-state index is -0.310. The number of benzene rings is 1. The summed E-state index contributed by atoms with van der Waals surface area (Å²) < 4.78 is 12.2. The molecule has 1 saturated carbocycles. The third-order valence-corrected chi connectivity index (χ3v) is 4.20. The van der Waals surface area contributed by atoms with Gasteiger partial charge in [0.25, 0.3) is 0 Å². The maximum atomic E-state index is 12.1.